The van der Waals surface area contributed by atoms with E-state index in [9.17, 15) is 0 Å². The van der Waals surface area contributed by atoms with Crippen molar-refractivity contribution in [1.82, 2.24) is 10.1 Å². The summed E-state index contributed by atoms with van der Waals surface area (Å²) in [6.45, 7) is 3.88. The first kappa shape index (κ1) is 12.1. The first-order valence-electron chi connectivity index (χ1n) is 5.43. The summed E-state index contributed by atoms with van der Waals surface area (Å²) in [6, 6.07) is 7.28. The van der Waals surface area contributed by atoms with Gasteiger partial charge < -0.3 is 10.3 Å². The smallest absolute Gasteiger partial charge is 0.231 e. The fraction of sp³-hybridized carbons (Fsp3) is 0.333. The molecule has 2 aromatic rings. The molecule has 90 valence electrons. The van der Waals surface area contributed by atoms with Gasteiger partial charge in [0.15, 0.2) is 0 Å². The summed E-state index contributed by atoms with van der Waals surface area (Å²) in [5, 5.41) is 4.62. The number of rotatable bonds is 3. The predicted molar refractivity (Wildman–Crippen MR) is 66.8 cm³/mol. The van der Waals surface area contributed by atoms with Crippen LogP contribution >= 0.6 is 11.6 Å². The SMILES string of the molecule is CC(N)C(C)c1nc(-c2ccc(Cl)cc2)no1. The molecule has 0 spiro atoms. The van der Waals surface area contributed by atoms with Gasteiger partial charge in [-0.3, -0.25) is 0 Å². The number of hydrogen-bond donors (Lipinski definition) is 1. The maximum absolute atomic E-state index is 5.82. The van der Waals surface area contributed by atoms with Crippen LogP contribution in [0.4, 0.5) is 0 Å². The minimum atomic E-state index is -0.0199. The van der Waals surface area contributed by atoms with Crippen molar-refractivity contribution in [2.45, 2.75) is 25.8 Å². The second-order valence-corrected chi connectivity index (χ2v) is 4.55. The third kappa shape index (κ3) is 2.65. The highest BCUT2D eigenvalue weighted by molar-refractivity contribution is 6.30. The van der Waals surface area contributed by atoms with Gasteiger partial charge in [0.1, 0.15) is 0 Å². The van der Waals surface area contributed by atoms with Crippen molar-refractivity contribution in [3.8, 4) is 11.4 Å². The molecule has 2 rings (SSSR count). The number of nitrogens with two attached hydrogens (primary N) is 1. The van der Waals surface area contributed by atoms with Crippen LogP contribution in [0, 0.1) is 0 Å². The minimum absolute atomic E-state index is 0.0199. The zero-order chi connectivity index (χ0) is 12.4. The Kier molecular flexibility index (Phi) is 3.45. The summed E-state index contributed by atoms with van der Waals surface area (Å²) in [4.78, 5) is 4.33. The number of halogens is 1. The van der Waals surface area contributed by atoms with Crippen LogP contribution in [-0.4, -0.2) is 16.2 Å². The molecule has 1 aromatic carbocycles. The van der Waals surface area contributed by atoms with Crippen LogP contribution < -0.4 is 5.73 Å². The van der Waals surface area contributed by atoms with E-state index in [0.717, 1.165) is 5.56 Å². The van der Waals surface area contributed by atoms with Crippen LogP contribution in [-0.2, 0) is 0 Å². The summed E-state index contributed by atoms with van der Waals surface area (Å²) in [6.07, 6.45) is 0. The van der Waals surface area contributed by atoms with Crippen molar-refractivity contribution >= 4 is 11.6 Å². The molecule has 4 nitrogen and oxygen atoms in total. The molecule has 5 heteroatoms. The van der Waals surface area contributed by atoms with Crippen molar-refractivity contribution in [3.63, 3.8) is 0 Å². The van der Waals surface area contributed by atoms with Crippen LogP contribution in [0.2, 0.25) is 5.02 Å². The maximum atomic E-state index is 5.82. The molecule has 0 aliphatic carbocycles. The lowest BCUT2D eigenvalue weighted by Gasteiger charge is -2.09. The zero-order valence-corrected chi connectivity index (χ0v) is 10.5. The van der Waals surface area contributed by atoms with E-state index in [-0.39, 0.29) is 12.0 Å². The van der Waals surface area contributed by atoms with Crippen LogP contribution in [0.15, 0.2) is 28.8 Å². The Bertz CT molecular complexity index is 493. The summed E-state index contributed by atoms with van der Waals surface area (Å²) in [5.74, 6) is 1.16. The molecule has 0 fully saturated rings. The van der Waals surface area contributed by atoms with Crippen molar-refractivity contribution in [2.24, 2.45) is 5.73 Å². The van der Waals surface area contributed by atoms with Gasteiger partial charge in [0, 0.05) is 16.6 Å². The van der Waals surface area contributed by atoms with Gasteiger partial charge in [-0.2, -0.15) is 4.98 Å². The second-order valence-electron chi connectivity index (χ2n) is 4.11. The largest absolute Gasteiger partial charge is 0.339 e. The Balaban J connectivity index is 2.26. The summed E-state index contributed by atoms with van der Waals surface area (Å²) < 4.78 is 5.20. The Labute approximate surface area is 105 Å². The molecule has 0 saturated carbocycles. The van der Waals surface area contributed by atoms with E-state index in [2.05, 4.69) is 10.1 Å². The molecule has 0 aliphatic rings. The normalized spacial score (nSPS) is 14.6. The number of benzene rings is 1. The molecule has 17 heavy (non-hydrogen) atoms. The molecule has 2 N–H and O–H groups in total. The Morgan fingerprint density at radius 2 is 1.88 bits per heavy atom. The van der Waals surface area contributed by atoms with E-state index >= 15 is 0 Å². The molecular weight excluding hydrogens is 238 g/mol. The van der Waals surface area contributed by atoms with Crippen molar-refractivity contribution in [3.05, 3.63) is 35.2 Å². The standard InChI is InChI=1S/C12H14ClN3O/c1-7(8(2)14)12-15-11(16-17-12)9-3-5-10(13)6-4-9/h3-8H,14H2,1-2H3. The van der Waals surface area contributed by atoms with Crippen LogP contribution in [0.5, 0.6) is 0 Å². The summed E-state index contributed by atoms with van der Waals surface area (Å²) in [5.41, 5.74) is 6.67. The maximum Gasteiger partial charge on any atom is 0.231 e. The minimum Gasteiger partial charge on any atom is -0.339 e. The topological polar surface area (TPSA) is 64.9 Å². The lowest BCUT2D eigenvalue weighted by molar-refractivity contribution is 0.347. The molecule has 0 aliphatic heterocycles. The van der Waals surface area contributed by atoms with Crippen LogP contribution in [0.25, 0.3) is 11.4 Å². The van der Waals surface area contributed by atoms with E-state index in [1.807, 2.05) is 26.0 Å². The fourth-order valence-electron chi connectivity index (χ4n) is 1.36. The van der Waals surface area contributed by atoms with Crippen molar-refractivity contribution in [1.29, 1.82) is 0 Å². The average Bonchev–Trinajstić information content (AvgIpc) is 2.78. The van der Waals surface area contributed by atoms with Crippen LogP contribution in [0.1, 0.15) is 25.7 Å². The third-order valence-electron chi connectivity index (χ3n) is 2.72. The highest BCUT2D eigenvalue weighted by Crippen LogP contribution is 2.22. The molecule has 0 bridgehead atoms. The molecule has 2 unspecified atom stereocenters. The van der Waals surface area contributed by atoms with Gasteiger partial charge in [-0.1, -0.05) is 23.7 Å². The van der Waals surface area contributed by atoms with E-state index in [1.165, 1.54) is 0 Å². The Morgan fingerprint density at radius 3 is 2.47 bits per heavy atom. The van der Waals surface area contributed by atoms with Crippen molar-refractivity contribution in [2.75, 3.05) is 0 Å². The van der Waals surface area contributed by atoms with Gasteiger partial charge in [0.2, 0.25) is 11.7 Å². The van der Waals surface area contributed by atoms with Crippen LogP contribution in [0.3, 0.4) is 0 Å². The average molecular weight is 252 g/mol. The second kappa shape index (κ2) is 4.85. The van der Waals surface area contributed by atoms with Gasteiger partial charge in [0.25, 0.3) is 0 Å². The monoisotopic (exact) mass is 251 g/mol. The van der Waals surface area contributed by atoms with E-state index in [1.54, 1.807) is 12.1 Å². The van der Waals surface area contributed by atoms with E-state index in [0.29, 0.717) is 16.7 Å². The fourth-order valence-corrected chi connectivity index (χ4v) is 1.49. The zero-order valence-electron chi connectivity index (χ0n) is 9.72. The van der Waals surface area contributed by atoms with Crippen molar-refractivity contribution < 1.29 is 4.52 Å². The molecule has 0 saturated heterocycles. The molecular formula is C12H14ClN3O. The molecule has 0 amide bonds. The van der Waals surface area contributed by atoms with Gasteiger partial charge in [-0.25, -0.2) is 0 Å². The van der Waals surface area contributed by atoms with Gasteiger partial charge in [-0.15, -0.1) is 0 Å². The first-order valence-corrected chi connectivity index (χ1v) is 5.81. The number of hydrogen-bond acceptors (Lipinski definition) is 4. The van der Waals surface area contributed by atoms with Gasteiger partial charge >= 0.3 is 0 Å². The summed E-state index contributed by atoms with van der Waals surface area (Å²) in [7, 11) is 0. The molecule has 2 atom stereocenters. The van der Waals surface area contributed by atoms with E-state index in [4.69, 9.17) is 21.9 Å². The highest BCUT2D eigenvalue weighted by atomic mass is 35.5. The highest BCUT2D eigenvalue weighted by Gasteiger charge is 2.18. The molecule has 0 radical (unpaired) electrons. The molecule has 1 aromatic heterocycles. The third-order valence-corrected chi connectivity index (χ3v) is 2.97. The molecule has 1 heterocycles. The Hall–Kier alpha value is -1.39. The quantitative estimate of drug-likeness (QED) is 0.911. The number of aromatic nitrogens is 2. The first-order chi connectivity index (χ1) is 8.08. The lowest BCUT2D eigenvalue weighted by Crippen LogP contribution is -2.22. The Morgan fingerprint density at radius 1 is 1.24 bits per heavy atom. The van der Waals surface area contributed by atoms with E-state index < -0.39 is 0 Å². The number of nitrogens with zero attached hydrogens (tertiary/aromatic N) is 2. The van der Waals surface area contributed by atoms with Gasteiger partial charge in [-0.05, 0) is 31.2 Å². The lowest BCUT2D eigenvalue weighted by atomic mass is 10.1. The predicted octanol–water partition coefficient (Wildman–Crippen LogP) is 2.84. The summed E-state index contributed by atoms with van der Waals surface area (Å²) >= 11 is 5.82. The van der Waals surface area contributed by atoms with Gasteiger partial charge in [0.05, 0.1) is 5.92 Å².